The molecule has 0 aliphatic rings. The molecular weight excluding hydrogens is 192 g/mol. The van der Waals surface area contributed by atoms with E-state index in [1.807, 2.05) is 20.8 Å². The van der Waals surface area contributed by atoms with Crippen molar-refractivity contribution in [1.82, 2.24) is 0 Å². The zero-order chi connectivity index (χ0) is 11.5. The van der Waals surface area contributed by atoms with Crippen LogP contribution in [0.2, 0.25) is 0 Å². The predicted molar refractivity (Wildman–Crippen MR) is 58.8 cm³/mol. The SMILES string of the molecule is COc1cccc(OC(C)(C)C)c1C=O. The lowest BCUT2D eigenvalue weighted by Crippen LogP contribution is -2.23. The average molecular weight is 208 g/mol. The van der Waals surface area contributed by atoms with Gasteiger partial charge in [0.1, 0.15) is 17.1 Å². The molecule has 0 spiro atoms. The van der Waals surface area contributed by atoms with Gasteiger partial charge in [0, 0.05) is 0 Å². The highest BCUT2D eigenvalue weighted by Gasteiger charge is 2.16. The van der Waals surface area contributed by atoms with Gasteiger partial charge in [0.05, 0.1) is 12.7 Å². The van der Waals surface area contributed by atoms with Crippen LogP contribution in [0.15, 0.2) is 18.2 Å². The van der Waals surface area contributed by atoms with E-state index in [9.17, 15) is 4.79 Å². The van der Waals surface area contributed by atoms with E-state index in [0.717, 1.165) is 6.29 Å². The third-order valence-corrected chi connectivity index (χ3v) is 1.78. The fourth-order valence-electron chi connectivity index (χ4n) is 1.24. The minimum absolute atomic E-state index is 0.329. The van der Waals surface area contributed by atoms with Crippen LogP contribution in [0.3, 0.4) is 0 Å². The molecule has 3 nitrogen and oxygen atoms in total. The van der Waals surface area contributed by atoms with Crippen LogP contribution in [0, 0.1) is 0 Å². The molecule has 3 heteroatoms. The van der Waals surface area contributed by atoms with Crippen molar-refractivity contribution in [1.29, 1.82) is 0 Å². The Morgan fingerprint density at radius 3 is 2.27 bits per heavy atom. The molecule has 82 valence electrons. The maximum absolute atomic E-state index is 10.9. The maximum atomic E-state index is 10.9. The topological polar surface area (TPSA) is 35.5 Å². The van der Waals surface area contributed by atoms with Gasteiger partial charge in [-0.3, -0.25) is 4.79 Å². The van der Waals surface area contributed by atoms with Gasteiger partial charge in [0.2, 0.25) is 0 Å². The Hall–Kier alpha value is -1.51. The number of hydrogen-bond donors (Lipinski definition) is 0. The van der Waals surface area contributed by atoms with Gasteiger partial charge >= 0.3 is 0 Å². The Balaban J connectivity index is 3.12. The molecule has 0 atom stereocenters. The quantitative estimate of drug-likeness (QED) is 0.716. The van der Waals surface area contributed by atoms with Gasteiger partial charge < -0.3 is 9.47 Å². The van der Waals surface area contributed by atoms with Gasteiger partial charge in [-0.2, -0.15) is 0 Å². The second-order valence-corrected chi connectivity index (χ2v) is 4.20. The molecule has 0 aliphatic carbocycles. The number of carbonyl (C=O) groups excluding carboxylic acids is 1. The molecule has 0 aromatic heterocycles. The summed E-state index contributed by atoms with van der Waals surface area (Å²) < 4.78 is 10.7. The number of methoxy groups -OCH3 is 1. The summed E-state index contributed by atoms with van der Waals surface area (Å²) in [6.07, 6.45) is 0.750. The molecule has 15 heavy (non-hydrogen) atoms. The monoisotopic (exact) mass is 208 g/mol. The van der Waals surface area contributed by atoms with Gasteiger partial charge in [-0.15, -0.1) is 0 Å². The molecule has 1 aromatic carbocycles. The summed E-state index contributed by atoms with van der Waals surface area (Å²) in [6.45, 7) is 5.79. The molecule has 1 rings (SSSR count). The van der Waals surface area contributed by atoms with Crippen LogP contribution >= 0.6 is 0 Å². The lowest BCUT2D eigenvalue weighted by molar-refractivity contribution is 0.109. The predicted octanol–water partition coefficient (Wildman–Crippen LogP) is 2.69. The van der Waals surface area contributed by atoms with Gasteiger partial charge in [0.25, 0.3) is 0 Å². The first-order chi connectivity index (χ1) is 6.98. The second kappa shape index (κ2) is 4.34. The highest BCUT2D eigenvalue weighted by molar-refractivity contribution is 5.83. The van der Waals surface area contributed by atoms with Crippen LogP contribution in [0.5, 0.6) is 11.5 Å². The van der Waals surface area contributed by atoms with E-state index in [1.165, 1.54) is 7.11 Å². The lowest BCUT2D eigenvalue weighted by Gasteiger charge is -2.22. The third-order valence-electron chi connectivity index (χ3n) is 1.78. The van der Waals surface area contributed by atoms with Crippen molar-refractivity contribution in [2.24, 2.45) is 0 Å². The average Bonchev–Trinajstić information content (AvgIpc) is 2.15. The van der Waals surface area contributed by atoms with Gasteiger partial charge in [-0.25, -0.2) is 0 Å². The molecule has 1 aromatic rings. The van der Waals surface area contributed by atoms with E-state index in [0.29, 0.717) is 17.1 Å². The van der Waals surface area contributed by atoms with Crippen LogP contribution in [0.1, 0.15) is 31.1 Å². The zero-order valence-electron chi connectivity index (χ0n) is 9.53. The van der Waals surface area contributed by atoms with Crippen molar-refractivity contribution in [3.63, 3.8) is 0 Å². The summed E-state index contributed by atoms with van der Waals surface area (Å²) in [4.78, 5) is 10.9. The van der Waals surface area contributed by atoms with Crippen LogP contribution in [0.25, 0.3) is 0 Å². The van der Waals surface area contributed by atoms with Crippen LogP contribution in [-0.2, 0) is 0 Å². The van der Waals surface area contributed by atoms with Crippen LogP contribution in [-0.4, -0.2) is 19.0 Å². The largest absolute Gasteiger partial charge is 0.496 e. The smallest absolute Gasteiger partial charge is 0.157 e. The highest BCUT2D eigenvalue weighted by Crippen LogP contribution is 2.28. The summed E-state index contributed by atoms with van der Waals surface area (Å²) in [7, 11) is 1.53. The van der Waals surface area contributed by atoms with E-state index in [-0.39, 0.29) is 5.60 Å². The summed E-state index contributed by atoms with van der Waals surface area (Å²) in [5.74, 6) is 1.09. The summed E-state index contributed by atoms with van der Waals surface area (Å²) >= 11 is 0. The van der Waals surface area contributed by atoms with Crippen LogP contribution < -0.4 is 9.47 Å². The van der Waals surface area contributed by atoms with Crippen molar-refractivity contribution in [3.8, 4) is 11.5 Å². The van der Waals surface area contributed by atoms with Crippen molar-refractivity contribution >= 4 is 6.29 Å². The minimum Gasteiger partial charge on any atom is -0.496 e. The summed E-state index contributed by atoms with van der Waals surface area (Å²) in [5.41, 5.74) is 0.124. The van der Waals surface area contributed by atoms with E-state index < -0.39 is 0 Å². The molecule has 0 radical (unpaired) electrons. The van der Waals surface area contributed by atoms with Gasteiger partial charge in [-0.05, 0) is 32.9 Å². The Morgan fingerprint density at radius 2 is 1.80 bits per heavy atom. The fourth-order valence-corrected chi connectivity index (χ4v) is 1.24. The third kappa shape index (κ3) is 2.98. The minimum atomic E-state index is -0.329. The van der Waals surface area contributed by atoms with Crippen LogP contribution in [0.4, 0.5) is 0 Å². The standard InChI is InChI=1S/C12H16O3/c1-12(2,3)15-11-7-5-6-10(14-4)9(11)8-13/h5-8H,1-4H3. The van der Waals surface area contributed by atoms with Crippen molar-refractivity contribution in [2.75, 3.05) is 7.11 Å². The maximum Gasteiger partial charge on any atom is 0.157 e. The van der Waals surface area contributed by atoms with Gasteiger partial charge in [0.15, 0.2) is 6.29 Å². The number of carbonyl (C=O) groups is 1. The van der Waals surface area contributed by atoms with E-state index >= 15 is 0 Å². The molecule has 0 fully saturated rings. The molecule has 0 N–H and O–H groups in total. The molecule has 0 amide bonds. The molecule has 0 heterocycles. The number of rotatable bonds is 3. The number of aldehydes is 1. The zero-order valence-corrected chi connectivity index (χ0v) is 9.53. The van der Waals surface area contributed by atoms with E-state index in [4.69, 9.17) is 9.47 Å². The van der Waals surface area contributed by atoms with E-state index in [2.05, 4.69) is 0 Å². The first kappa shape index (κ1) is 11.6. The van der Waals surface area contributed by atoms with Crippen molar-refractivity contribution in [2.45, 2.75) is 26.4 Å². The molecule has 0 aliphatic heterocycles. The van der Waals surface area contributed by atoms with Crippen molar-refractivity contribution in [3.05, 3.63) is 23.8 Å². The molecule has 0 saturated carbocycles. The molecular formula is C12H16O3. The summed E-state index contributed by atoms with van der Waals surface area (Å²) in [5, 5.41) is 0. The number of benzene rings is 1. The van der Waals surface area contributed by atoms with Crippen molar-refractivity contribution < 1.29 is 14.3 Å². The Labute approximate surface area is 90.0 Å². The summed E-state index contributed by atoms with van der Waals surface area (Å²) in [6, 6.07) is 5.30. The normalized spacial score (nSPS) is 10.9. The molecule has 0 saturated heterocycles. The molecule has 0 bridgehead atoms. The molecule has 0 unspecified atom stereocenters. The second-order valence-electron chi connectivity index (χ2n) is 4.20. The Kier molecular flexibility index (Phi) is 3.35. The highest BCUT2D eigenvalue weighted by atomic mass is 16.5. The first-order valence-corrected chi connectivity index (χ1v) is 4.79. The Bertz CT molecular complexity index is 350. The van der Waals surface area contributed by atoms with E-state index in [1.54, 1.807) is 18.2 Å². The Morgan fingerprint density at radius 1 is 1.20 bits per heavy atom. The number of ether oxygens (including phenoxy) is 2. The first-order valence-electron chi connectivity index (χ1n) is 4.79. The lowest BCUT2D eigenvalue weighted by atomic mass is 10.1. The van der Waals surface area contributed by atoms with Gasteiger partial charge in [-0.1, -0.05) is 6.07 Å². The number of hydrogen-bond acceptors (Lipinski definition) is 3. The fraction of sp³-hybridized carbons (Fsp3) is 0.417.